The zero-order chi connectivity index (χ0) is 14.4. The van der Waals surface area contributed by atoms with Crippen LogP contribution in [0.25, 0.3) is 0 Å². The molecule has 3 nitrogen and oxygen atoms in total. The fourth-order valence-electron chi connectivity index (χ4n) is 3.95. The van der Waals surface area contributed by atoms with Crippen LogP contribution in [0.2, 0.25) is 0 Å². The molecule has 21 heavy (non-hydrogen) atoms. The number of nitrogens with zero attached hydrogens (tertiary/aromatic N) is 1. The first-order valence-electron chi connectivity index (χ1n) is 8.11. The fraction of sp³-hybridized carbons (Fsp3) is 0.556. The van der Waals surface area contributed by atoms with Gasteiger partial charge in [0.1, 0.15) is 0 Å². The Morgan fingerprint density at radius 1 is 1.10 bits per heavy atom. The van der Waals surface area contributed by atoms with Crippen molar-refractivity contribution in [2.45, 2.75) is 38.5 Å². The van der Waals surface area contributed by atoms with Crippen molar-refractivity contribution in [3.63, 3.8) is 0 Å². The molecule has 4 rings (SSSR count). The second-order valence-electron chi connectivity index (χ2n) is 6.87. The van der Waals surface area contributed by atoms with Crippen LogP contribution in [-0.4, -0.2) is 29.7 Å². The van der Waals surface area contributed by atoms with E-state index in [1.807, 2.05) is 23.1 Å². The topological polar surface area (TPSA) is 37.4 Å². The van der Waals surface area contributed by atoms with Gasteiger partial charge in [-0.1, -0.05) is 24.3 Å². The van der Waals surface area contributed by atoms with Crippen LogP contribution in [0.3, 0.4) is 0 Å². The standard InChI is InChI=1S/C18H21NO2/c20-16-15-4-2-1-3-13(15)7-8-18(16)9-11-19(12-10-18)17(21)14-5-6-14/h1-4,14H,5-12H2. The molecule has 0 N–H and O–H groups in total. The maximum absolute atomic E-state index is 12.9. The molecule has 1 saturated carbocycles. The summed E-state index contributed by atoms with van der Waals surface area (Å²) in [6, 6.07) is 8.02. The lowest BCUT2D eigenvalue weighted by Crippen LogP contribution is -2.48. The van der Waals surface area contributed by atoms with Gasteiger partial charge in [-0.25, -0.2) is 0 Å². The molecule has 1 aliphatic heterocycles. The highest BCUT2D eigenvalue weighted by Crippen LogP contribution is 2.44. The van der Waals surface area contributed by atoms with E-state index in [1.54, 1.807) is 0 Å². The molecular weight excluding hydrogens is 262 g/mol. The lowest BCUT2D eigenvalue weighted by molar-refractivity contribution is -0.134. The minimum absolute atomic E-state index is 0.200. The predicted molar refractivity (Wildman–Crippen MR) is 80.1 cm³/mol. The van der Waals surface area contributed by atoms with Gasteiger partial charge in [0.05, 0.1) is 0 Å². The Hall–Kier alpha value is -1.64. The number of rotatable bonds is 1. The number of Topliss-reactive ketones (excluding diaryl/α,β-unsaturated/α-hetero) is 1. The maximum Gasteiger partial charge on any atom is 0.225 e. The van der Waals surface area contributed by atoms with Crippen LogP contribution in [0, 0.1) is 11.3 Å². The SMILES string of the molecule is O=C(C1CC1)N1CCC2(CCc3ccccc3C2=O)CC1. The highest BCUT2D eigenvalue weighted by Gasteiger charge is 2.46. The predicted octanol–water partition coefficient (Wildman–Crippen LogP) is 2.83. The smallest absolute Gasteiger partial charge is 0.225 e. The van der Waals surface area contributed by atoms with E-state index < -0.39 is 0 Å². The van der Waals surface area contributed by atoms with Crippen LogP contribution in [-0.2, 0) is 11.2 Å². The average molecular weight is 283 g/mol. The molecule has 1 amide bonds. The fourth-order valence-corrected chi connectivity index (χ4v) is 3.95. The van der Waals surface area contributed by atoms with Crippen molar-refractivity contribution >= 4 is 11.7 Å². The van der Waals surface area contributed by atoms with Gasteiger partial charge in [0.2, 0.25) is 5.91 Å². The summed E-state index contributed by atoms with van der Waals surface area (Å²) in [6.45, 7) is 1.53. The molecule has 1 heterocycles. The van der Waals surface area contributed by atoms with Crippen molar-refractivity contribution in [2.24, 2.45) is 11.3 Å². The van der Waals surface area contributed by atoms with Crippen LogP contribution < -0.4 is 0 Å². The number of ketones is 1. The molecule has 1 aromatic carbocycles. The number of fused-ring (bicyclic) bond motifs is 1. The second-order valence-corrected chi connectivity index (χ2v) is 6.87. The minimum Gasteiger partial charge on any atom is -0.342 e. The van der Waals surface area contributed by atoms with Crippen LogP contribution in [0.4, 0.5) is 0 Å². The van der Waals surface area contributed by atoms with Gasteiger partial charge >= 0.3 is 0 Å². The molecule has 3 aliphatic rings. The van der Waals surface area contributed by atoms with Gasteiger partial charge in [0.15, 0.2) is 5.78 Å². The number of benzene rings is 1. The normalized spacial score (nSPS) is 24.0. The van der Waals surface area contributed by atoms with E-state index in [1.165, 1.54) is 5.56 Å². The maximum atomic E-state index is 12.9. The third-order valence-corrected chi connectivity index (χ3v) is 5.58. The number of carbonyl (C=O) groups excluding carboxylic acids is 2. The third kappa shape index (κ3) is 2.10. The first-order chi connectivity index (χ1) is 10.2. The lowest BCUT2D eigenvalue weighted by atomic mass is 9.65. The number of likely N-dealkylation sites (tertiary alicyclic amines) is 1. The molecule has 0 bridgehead atoms. The number of amides is 1. The van der Waals surface area contributed by atoms with Crippen LogP contribution in [0.1, 0.15) is 48.0 Å². The number of carbonyl (C=O) groups is 2. The molecule has 2 fully saturated rings. The van der Waals surface area contributed by atoms with Gasteiger partial charge in [-0.15, -0.1) is 0 Å². The molecule has 110 valence electrons. The summed E-state index contributed by atoms with van der Waals surface area (Å²) >= 11 is 0. The molecule has 1 spiro atoms. The van der Waals surface area contributed by atoms with Crippen molar-refractivity contribution in [3.8, 4) is 0 Å². The molecule has 1 aromatic rings. The van der Waals surface area contributed by atoms with E-state index in [9.17, 15) is 9.59 Å². The van der Waals surface area contributed by atoms with Gasteiger partial charge in [0, 0.05) is 30.0 Å². The van der Waals surface area contributed by atoms with Crippen molar-refractivity contribution < 1.29 is 9.59 Å². The average Bonchev–Trinajstić information content (AvgIpc) is 3.36. The Bertz CT molecular complexity index is 595. The van der Waals surface area contributed by atoms with Crippen LogP contribution in [0.15, 0.2) is 24.3 Å². The van der Waals surface area contributed by atoms with Gasteiger partial charge in [0.25, 0.3) is 0 Å². The molecule has 0 atom stereocenters. The van der Waals surface area contributed by atoms with E-state index in [4.69, 9.17) is 0 Å². The van der Waals surface area contributed by atoms with E-state index in [2.05, 4.69) is 6.07 Å². The summed E-state index contributed by atoms with van der Waals surface area (Å²) in [5.74, 6) is 0.943. The number of aryl methyl sites for hydroxylation is 1. The first-order valence-corrected chi connectivity index (χ1v) is 8.11. The summed E-state index contributed by atoms with van der Waals surface area (Å²) in [6.07, 6.45) is 5.77. The molecule has 0 aromatic heterocycles. The van der Waals surface area contributed by atoms with Gasteiger partial charge in [-0.3, -0.25) is 9.59 Å². The van der Waals surface area contributed by atoms with Gasteiger partial charge in [-0.05, 0) is 44.1 Å². The summed E-state index contributed by atoms with van der Waals surface area (Å²) < 4.78 is 0. The first kappa shape index (κ1) is 13.1. The third-order valence-electron chi connectivity index (χ3n) is 5.58. The Kier molecular flexibility index (Phi) is 2.91. The largest absolute Gasteiger partial charge is 0.342 e. The Balaban J connectivity index is 1.52. The van der Waals surface area contributed by atoms with Crippen molar-refractivity contribution in [2.75, 3.05) is 13.1 Å². The number of hydrogen-bond acceptors (Lipinski definition) is 2. The van der Waals surface area contributed by atoms with E-state index in [0.29, 0.717) is 17.6 Å². The van der Waals surface area contributed by atoms with Crippen molar-refractivity contribution in [3.05, 3.63) is 35.4 Å². The van der Waals surface area contributed by atoms with E-state index in [0.717, 1.165) is 57.2 Å². The number of piperidine rings is 1. The highest BCUT2D eigenvalue weighted by molar-refractivity contribution is 6.03. The lowest BCUT2D eigenvalue weighted by Gasteiger charge is -2.43. The summed E-state index contributed by atoms with van der Waals surface area (Å²) in [7, 11) is 0. The quantitative estimate of drug-likeness (QED) is 0.794. The monoisotopic (exact) mass is 283 g/mol. The molecule has 3 heteroatoms. The second kappa shape index (κ2) is 4.69. The van der Waals surface area contributed by atoms with Crippen LogP contribution in [0.5, 0.6) is 0 Å². The Labute approximate surface area is 125 Å². The molecular formula is C18H21NO2. The zero-order valence-corrected chi connectivity index (χ0v) is 12.3. The Morgan fingerprint density at radius 2 is 1.81 bits per heavy atom. The molecule has 2 aliphatic carbocycles. The number of hydrogen-bond donors (Lipinski definition) is 0. The zero-order valence-electron chi connectivity index (χ0n) is 12.3. The minimum atomic E-state index is -0.200. The molecule has 1 saturated heterocycles. The summed E-state index contributed by atoms with van der Waals surface area (Å²) in [5, 5.41) is 0. The summed E-state index contributed by atoms with van der Waals surface area (Å²) in [4.78, 5) is 27.1. The van der Waals surface area contributed by atoms with E-state index >= 15 is 0 Å². The van der Waals surface area contributed by atoms with E-state index in [-0.39, 0.29) is 5.41 Å². The van der Waals surface area contributed by atoms with Crippen molar-refractivity contribution in [1.29, 1.82) is 0 Å². The van der Waals surface area contributed by atoms with Crippen LogP contribution >= 0.6 is 0 Å². The molecule has 0 radical (unpaired) electrons. The van der Waals surface area contributed by atoms with Gasteiger partial charge < -0.3 is 4.90 Å². The molecule has 0 unspecified atom stereocenters. The Morgan fingerprint density at radius 3 is 2.52 bits per heavy atom. The summed E-state index contributed by atoms with van der Waals surface area (Å²) in [5.41, 5.74) is 1.92. The van der Waals surface area contributed by atoms with Gasteiger partial charge in [-0.2, -0.15) is 0 Å². The highest BCUT2D eigenvalue weighted by atomic mass is 16.2. The van der Waals surface area contributed by atoms with Crippen molar-refractivity contribution in [1.82, 2.24) is 4.90 Å².